The van der Waals surface area contributed by atoms with Gasteiger partial charge in [-0.05, 0) is 49.8 Å². The third-order valence-corrected chi connectivity index (χ3v) is 5.79. The van der Waals surface area contributed by atoms with Crippen molar-refractivity contribution in [1.82, 2.24) is 10.2 Å². The van der Waals surface area contributed by atoms with Crippen LogP contribution in [0.15, 0.2) is 12.1 Å². The predicted molar refractivity (Wildman–Crippen MR) is 86.7 cm³/mol. The Kier molecular flexibility index (Phi) is 3.74. The fourth-order valence-corrected chi connectivity index (χ4v) is 4.72. The normalized spacial score (nSPS) is 30.9. The summed E-state index contributed by atoms with van der Waals surface area (Å²) in [5.41, 5.74) is 2.81. The fourth-order valence-electron chi connectivity index (χ4n) is 4.72. The minimum absolute atomic E-state index is 0.473. The number of ether oxygens (including phenoxy) is 2. The van der Waals surface area contributed by atoms with E-state index < -0.39 is 0 Å². The average molecular weight is 302 g/mol. The lowest BCUT2D eigenvalue weighted by molar-refractivity contribution is 0.0536. The molecular weight excluding hydrogens is 276 g/mol. The van der Waals surface area contributed by atoms with Gasteiger partial charge in [0.25, 0.3) is 0 Å². The summed E-state index contributed by atoms with van der Waals surface area (Å²) in [4.78, 5) is 2.68. The van der Waals surface area contributed by atoms with Crippen molar-refractivity contribution in [2.75, 3.05) is 33.9 Å². The second kappa shape index (κ2) is 5.74. The molecule has 1 aromatic carbocycles. The summed E-state index contributed by atoms with van der Waals surface area (Å²) in [6, 6.07) is 5.42. The molecule has 3 unspecified atom stereocenters. The van der Waals surface area contributed by atoms with E-state index in [1.54, 1.807) is 14.2 Å². The Hall–Kier alpha value is -1.26. The summed E-state index contributed by atoms with van der Waals surface area (Å²) < 4.78 is 11.3. The van der Waals surface area contributed by atoms with Crippen LogP contribution in [0.4, 0.5) is 0 Å². The van der Waals surface area contributed by atoms with Crippen LogP contribution in [-0.2, 0) is 6.42 Å². The largest absolute Gasteiger partial charge is 0.493 e. The zero-order valence-electron chi connectivity index (χ0n) is 13.6. The number of hydrogen-bond acceptors (Lipinski definition) is 4. The predicted octanol–water partition coefficient (Wildman–Crippen LogP) is 2.37. The summed E-state index contributed by atoms with van der Waals surface area (Å²) in [5.74, 6) is 2.63. The molecule has 0 saturated carbocycles. The lowest BCUT2D eigenvalue weighted by Gasteiger charge is -2.49. The van der Waals surface area contributed by atoms with Gasteiger partial charge in [-0.1, -0.05) is 6.07 Å². The van der Waals surface area contributed by atoms with Crippen LogP contribution in [0.2, 0.25) is 0 Å². The number of methoxy groups -OCH3 is 2. The molecule has 1 aromatic rings. The maximum absolute atomic E-state index is 5.75. The van der Waals surface area contributed by atoms with Gasteiger partial charge in [0.1, 0.15) is 0 Å². The maximum Gasteiger partial charge on any atom is 0.165 e. The Balaban J connectivity index is 1.72. The van der Waals surface area contributed by atoms with Crippen molar-refractivity contribution >= 4 is 0 Å². The smallest absolute Gasteiger partial charge is 0.165 e. The second-order valence-electron chi connectivity index (χ2n) is 6.83. The van der Waals surface area contributed by atoms with Crippen LogP contribution in [0.1, 0.15) is 36.4 Å². The molecule has 3 heterocycles. The zero-order chi connectivity index (χ0) is 15.1. The Morgan fingerprint density at radius 1 is 1.23 bits per heavy atom. The third-order valence-electron chi connectivity index (χ3n) is 5.79. The molecule has 0 spiro atoms. The van der Waals surface area contributed by atoms with E-state index in [1.807, 2.05) is 0 Å². The second-order valence-corrected chi connectivity index (χ2v) is 6.83. The molecule has 0 bridgehead atoms. The van der Waals surface area contributed by atoms with E-state index in [-0.39, 0.29) is 0 Å². The number of nitrogens with zero attached hydrogens (tertiary/aromatic N) is 1. The van der Waals surface area contributed by atoms with Crippen LogP contribution in [0.3, 0.4) is 0 Å². The van der Waals surface area contributed by atoms with Gasteiger partial charge in [0.05, 0.1) is 14.2 Å². The standard InChI is InChI=1S/C18H26N2O2/c1-21-16-6-5-12-7-9-20-11-13-4-3-8-19-14(13)10-15(20)17(12)18(16)22-2/h5-6,13-15,19H,3-4,7-11H2,1-2H3. The number of benzene rings is 1. The first-order valence-corrected chi connectivity index (χ1v) is 8.53. The zero-order valence-corrected chi connectivity index (χ0v) is 13.6. The molecule has 3 aliphatic rings. The van der Waals surface area contributed by atoms with E-state index in [2.05, 4.69) is 22.3 Å². The number of fused-ring (bicyclic) bond motifs is 4. The van der Waals surface area contributed by atoms with E-state index in [1.165, 1.54) is 50.0 Å². The molecule has 3 aliphatic heterocycles. The number of rotatable bonds is 2. The Bertz CT molecular complexity index is 560. The number of hydrogen-bond donors (Lipinski definition) is 1. The molecule has 0 amide bonds. The summed E-state index contributed by atoms with van der Waals surface area (Å²) in [6.45, 7) is 3.58. The Labute approximate surface area is 132 Å². The van der Waals surface area contributed by atoms with Gasteiger partial charge in [0, 0.05) is 30.7 Å². The molecule has 0 aromatic heterocycles. The van der Waals surface area contributed by atoms with Crippen molar-refractivity contribution < 1.29 is 9.47 Å². The van der Waals surface area contributed by atoms with E-state index >= 15 is 0 Å². The highest BCUT2D eigenvalue weighted by atomic mass is 16.5. The molecule has 22 heavy (non-hydrogen) atoms. The van der Waals surface area contributed by atoms with Gasteiger partial charge in [0.15, 0.2) is 11.5 Å². The van der Waals surface area contributed by atoms with Crippen molar-refractivity contribution in [3.63, 3.8) is 0 Å². The molecule has 3 atom stereocenters. The molecule has 4 heteroatoms. The molecule has 1 N–H and O–H groups in total. The highest BCUT2D eigenvalue weighted by Gasteiger charge is 2.41. The topological polar surface area (TPSA) is 33.7 Å². The summed E-state index contributed by atoms with van der Waals surface area (Å²) in [6.07, 6.45) is 5.02. The fraction of sp³-hybridized carbons (Fsp3) is 0.667. The van der Waals surface area contributed by atoms with Crippen LogP contribution in [-0.4, -0.2) is 44.8 Å². The molecule has 0 radical (unpaired) electrons. The van der Waals surface area contributed by atoms with Gasteiger partial charge in [-0.25, -0.2) is 0 Å². The Morgan fingerprint density at radius 2 is 2.14 bits per heavy atom. The van der Waals surface area contributed by atoms with Gasteiger partial charge in [0.2, 0.25) is 0 Å². The van der Waals surface area contributed by atoms with Crippen LogP contribution in [0.5, 0.6) is 11.5 Å². The number of piperidine rings is 2. The summed E-state index contributed by atoms with van der Waals surface area (Å²) in [7, 11) is 3.49. The van der Waals surface area contributed by atoms with E-state index in [0.717, 1.165) is 23.8 Å². The minimum atomic E-state index is 0.473. The lowest BCUT2D eigenvalue weighted by atomic mass is 9.77. The monoisotopic (exact) mass is 302 g/mol. The maximum atomic E-state index is 5.75. The van der Waals surface area contributed by atoms with E-state index in [4.69, 9.17) is 9.47 Å². The first-order valence-electron chi connectivity index (χ1n) is 8.53. The highest BCUT2D eigenvalue weighted by molar-refractivity contribution is 5.53. The van der Waals surface area contributed by atoms with E-state index in [9.17, 15) is 0 Å². The van der Waals surface area contributed by atoms with Crippen LogP contribution < -0.4 is 14.8 Å². The van der Waals surface area contributed by atoms with Gasteiger partial charge >= 0.3 is 0 Å². The molecular formula is C18H26N2O2. The minimum Gasteiger partial charge on any atom is -0.493 e. The molecule has 2 saturated heterocycles. The van der Waals surface area contributed by atoms with Crippen molar-refractivity contribution in [2.24, 2.45) is 5.92 Å². The first kappa shape index (κ1) is 14.3. The number of nitrogens with one attached hydrogen (secondary N) is 1. The SMILES string of the molecule is COc1ccc2c(c1OC)C1CC3NCCCC3CN1CC2. The molecule has 120 valence electrons. The quantitative estimate of drug-likeness (QED) is 0.909. The molecule has 4 nitrogen and oxygen atoms in total. The third kappa shape index (κ3) is 2.20. The molecule has 4 rings (SSSR count). The van der Waals surface area contributed by atoms with Crippen molar-refractivity contribution in [3.05, 3.63) is 23.3 Å². The summed E-state index contributed by atoms with van der Waals surface area (Å²) in [5, 5.41) is 3.75. The first-order chi connectivity index (χ1) is 10.8. The average Bonchev–Trinajstić information content (AvgIpc) is 2.58. The van der Waals surface area contributed by atoms with Gasteiger partial charge in [-0.2, -0.15) is 0 Å². The molecule has 0 aliphatic carbocycles. The summed E-state index contributed by atoms with van der Waals surface area (Å²) >= 11 is 0. The van der Waals surface area contributed by atoms with Crippen LogP contribution in [0, 0.1) is 5.92 Å². The van der Waals surface area contributed by atoms with Gasteiger partial charge in [-0.3, -0.25) is 4.90 Å². The van der Waals surface area contributed by atoms with Crippen LogP contribution >= 0.6 is 0 Å². The van der Waals surface area contributed by atoms with Crippen molar-refractivity contribution in [2.45, 2.75) is 37.8 Å². The van der Waals surface area contributed by atoms with Gasteiger partial charge < -0.3 is 14.8 Å². The van der Waals surface area contributed by atoms with Gasteiger partial charge in [-0.15, -0.1) is 0 Å². The highest BCUT2D eigenvalue weighted by Crippen LogP contribution is 2.47. The van der Waals surface area contributed by atoms with Crippen LogP contribution in [0.25, 0.3) is 0 Å². The van der Waals surface area contributed by atoms with Crippen molar-refractivity contribution in [3.8, 4) is 11.5 Å². The van der Waals surface area contributed by atoms with E-state index in [0.29, 0.717) is 12.1 Å². The lowest BCUT2D eigenvalue weighted by Crippen LogP contribution is -2.54. The Morgan fingerprint density at radius 3 is 2.95 bits per heavy atom. The van der Waals surface area contributed by atoms with Crippen molar-refractivity contribution in [1.29, 1.82) is 0 Å². The molecule has 2 fully saturated rings.